The van der Waals surface area contributed by atoms with E-state index in [9.17, 15) is 10.1 Å². The van der Waals surface area contributed by atoms with Gasteiger partial charge in [-0.15, -0.1) is 0 Å². The zero-order chi connectivity index (χ0) is 15.3. The van der Waals surface area contributed by atoms with Crippen molar-refractivity contribution in [3.05, 3.63) is 39.9 Å². The lowest BCUT2D eigenvalue weighted by Gasteiger charge is -2.39. The summed E-state index contributed by atoms with van der Waals surface area (Å²) in [6.07, 6.45) is 8.40. The molecular formula is C17H26N2O2. The molecule has 1 aromatic carbocycles. The number of non-ortho nitro benzene ring substituents is 1. The van der Waals surface area contributed by atoms with E-state index in [-0.39, 0.29) is 16.0 Å². The summed E-state index contributed by atoms with van der Waals surface area (Å²) in [7, 11) is 0. The van der Waals surface area contributed by atoms with Crippen LogP contribution < -0.4 is 5.73 Å². The normalized spacial score (nSPS) is 25.7. The minimum atomic E-state index is -0.350. The number of nitrogens with zero attached hydrogens (tertiary/aromatic N) is 1. The van der Waals surface area contributed by atoms with Crippen LogP contribution in [0.25, 0.3) is 0 Å². The van der Waals surface area contributed by atoms with Gasteiger partial charge in [0.15, 0.2) is 0 Å². The summed E-state index contributed by atoms with van der Waals surface area (Å²) in [5, 5.41) is 10.7. The Labute approximate surface area is 126 Å². The van der Waals surface area contributed by atoms with Crippen LogP contribution in [-0.4, -0.2) is 11.5 Å². The molecule has 2 N–H and O–H groups in total. The van der Waals surface area contributed by atoms with E-state index in [2.05, 4.69) is 6.92 Å². The number of hydrogen-bond acceptors (Lipinski definition) is 3. The maximum Gasteiger partial charge on any atom is 0.269 e. The highest BCUT2D eigenvalue weighted by Crippen LogP contribution is 2.42. The maximum atomic E-state index is 10.7. The number of benzene rings is 1. The molecule has 2 rings (SSSR count). The molecule has 1 aromatic rings. The first-order valence-electron chi connectivity index (χ1n) is 8.02. The maximum absolute atomic E-state index is 10.7. The summed E-state index contributed by atoms with van der Waals surface area (Å²) in [5.74, 6) is 0.879. The minimum Gasteiger partial charge on any atom is -0.330 e. The van der Waals surface area contributed by atoms with Gasteiger partial charge < -0.3 is 5.73 Å². The first-order chi connectivity index (χ1) is 10.1. The fourth-order valence-corrected chi connectivity index (χ4v) is 3.45. The molecule has 0 spiro atoms. The molecule has 4 heteroatoms. The zero-order valence-corrected chi connectivity index (χ0v) is 12.9. The summed E-state index contributed by atoms with van der Waals surface area (Å²) in [5.41, 5.74) is 7.68. The van der Waals surface area contributed by atoms with Gasteiger partial charge in [0.2, 0.25) is 0 Å². The molecule has 1 fully saturated rings. The second-order valence-electron chi connectivity index (χ2n) is 6.48. The summed E-state index contributed by atoms with van der Waals surface area (Å²) < 4.78 is 0. The molecule has 1 aliphatic carbocycles. The third-order valence-electron chi connectivity index (χ3n) is 5.27. The number of rotatable bonds is 6. The van der Waals surface area contributed by atoms with E-state index in [0.717, 1.165) is 25.3 Å². The molecule has 0 unspecified atom stereocenters. The van der Waals surface area contributed by atoms with Gasteiger partial charge in [0.1, 0.15) is 0 Å². The van der Waals surface area contributed by atoms with Gasteiger partial charge in [0.25, 0.3) is 5.69 Å². The van der Waals surface area contributed by atoms with Gasteiger partial charge in [-0.3, -0.25) is 10.1 Å². The molecule has 4 nitrogen and oxygen atoms in total. The lowest BCUT2D eigenvalue weighted by molar-refractivity contribution is -0.384. The molecule has 1 saturated carbocycles. The highest BCUT2D eigenvalue weighted by molar-refractivity contribution is 5.32. The first-order valence-corrected chi connectivity index (χ1v) is 8.02. The summed E-state index contributed by atoms with van der Waals surface area (Å²) in [4.78, 5) is 10.3. The molecular weight excluding hydrogens is 264 g/mol. The van der Waals surface area contributed by atoms with Crippen LogP contribution >= 0.6 is 0 Å². The molecule has 0 amide bonds. The van der Waals surface area contributed by atoms with Crippen molar-refractivity contribution in [3.8, 4) is 0 Å². The van der Waals surface area contributed by atoms with E-state index in [1.807, 2.05) is 12.1 Å². The Morgan fingerprint density at radius 2 is 1.90 bits per heavy atom. The van der Waals surface area contributed by atoms with Crippen LogP contribution in [0.2, 0.25) is 0 Å². The quantitative estimate of drug-likeness (QED) is 0.634. The molecule has 0 saturated heterocycles. The third-order valence-corrected chi connectivity index (χ3v) is 5.27. The molecule has 0 radical (unpaired) electrons. The molecule has 21 heavy (non-hydrogen) atoms. The predicted octanol–water partition coefficient (Wildman–Crippen LogP) is 4.07. The monoisotopic (exact) mass is 290 g/mol. The largest absolute Gasteiger partial charge is 0.330 e. The molecule has 0 aliphatic heterocycles. The smallest absolute Gasteiger partial charge is 0.269 e. The van der Waals surface area contributed by atoms with Crippen molar-refractivity contribution in [1.82, 2.24) is 0 Å². The van der Waals surface area contributed by atoms with Gasteiger partial charge in [-0.1, -0.05) is 25.5 Å². The molecule has 0 heterocycles. The highest BCUT2D eigenvalue weighted by atomic mass is 16.6. The summed E-state index contributed by atoms with van der Waals surface area (Å²) in [6.45, 7) is 3.04. The minimum absolute atomic E-state index is 0.163. The Hall–Kier alpha value is -1.42. The Morgan fingerprint density at radius 3 is 2.38 bits per heavy atom. The molecule has 0 bridgehead atoms. The van der Waals surface area contributed by atoms with E-state index in [1.165, 1.54) is 37.7 Å². The Kier molecular flexibility index (Phi) is 5.34. The van der Waals surface area contributed by atoms with Gasteiger partial charge in [0.05, 0.1) is 4.92 Å². The van der Waals surface area contributed by atoms with Crippen LogP contribution in [0.15, 0.2) is 24.3 Å². The van der Waals surface area contributed by atoms with Crippen LogP contribution in [0.1, 0.15) is 51.0 Å². The molecule has 116 valence electrons. The highest BCUT2D eigenvalue weighted by Gasteiger charge is 2.33. The van der Waals surface area contributed by atoms with E-state index < -0.39 is 0 Å². The standard InChI is InChI=1S/C17H26N2O2/c1-2-14-7-10-17(13-18,11-8-14)12-9-15-3-5-16(6-4-15)19(20)21/h3-6,14H,2,7-13,18H2,1H3. The number of nitro groups is 1. The summed E-state index contributed by atoms with van der Waals surface area (Å²) in [6, 6.07) is 6.94. The van der Waals surface area contributed by atoms with Gasteiger partial charge in [-0.05, 0) is 62.0 Å². The average molecular weight is 290 g/mol. The van der Waals surface area contributed by atoms with E-state index in [4.69, 9.17) is 5.73 Å². The lowest BCUT2D eigenvalue weighted by atomic mass is 9.67. The van der Waals surface area contributed by atoms with Crippen molar-refractivity contribution in [2.45, 2.75) is 51.9 Å². The number of nitro benzene ring substituents is 1. The number of hydrogen-bond donors (Lipinski definition) is 1. The SMILES string of the molecule is CCC1CCC(CN)(CCc2ccc([N+](=O)[O-])cc2)CC1. The van der Waals surface area contributed by atoms with Crippen LogP contribution in [0.3, 0.4) is 0 Å². The van der Waals surface area contributed by atoms with Gasteiger partial charge >= 0.3 is 0 Å². The molecule has 1 aliphatic rings. The Bertz CT molecular complexity index is 462. The van der Waals surface area contributed by atoms with Crippen LogP contribution in [0.4, 0.5) is 5.69 Å². The third kappa shape index (κ3) is 4.03. The zero-order valence-electron chi connectivity index (χ0n) is 12.9. The number of nitrogens with two attached hydrogens (primary N) is 1. The predicted molar refractivity (Wildman–Crippen MR) is 85.2 cm³/mol. The molecule has 0 aromatic heterocycles. The second-order valence-corrected chi connectivity index (χ2v) is 6.48. The van der Waals surface area contributed by atoms with Crippen molar-refractivity contribution in [2.75, 3.05) is 6.54 Å². The van der Waals surface area contributed by atoms with Crippen LogP contribution in [0, 0.1) is 21.4 Å². The fourth-order valence-electron chi connectivity index (χ4n) is 3.45. The van der Waals surface area contributed by atoms with E-state index in [1.54, 1.807) is 12.1 Å². The van der Waals surface area contributed by atoms with Crippen molar-refractivity contribution in [3.63, 3.8) is 0 Å². The van der Waals surface area contributed by atoms with Crippen molar-refractivity contribution >= 4 is 5.69 Å². The Morgan fingerprint density at radius 1 is 1.29 bits per heavy atom. The topological polar surface area (TPSA) is 69.2 Å². The fraction of sp³-hybridized carbons (Fsp3) is 0.647. The first kappa shape index (κ1) is 16.0. The van der Waals surface area contributed by atoms with Crippen molar-refractivity contribution < 1.29 is 4.92 Å². The average Bonchev–Trinajstić information content (AvgIpc) is 2.54. The van der Waals surface area contributed by atoms with Crippen LogP contribution in [-0.2, 0) is 6.42 Å². The molecule has 0 atom stereocenters. The van der Waals surface area contributed by atoms with E-state index in [0.29, 0.717) is 0 Å². The van der Waals surface area contributed by atoms with Gasteiger partial charge in [-0.25, -0.2) is 0 Å². The second kappa shape index (κ2) is 7.03. The Balaban J connectivity index is 1.92. The number of aryl methyl sites for hydroxylation is 1. The lowest BCUT2D eigenvalue weighted by Crippen LogP contribution is -2.35. The van der Waals surface area contributed by atoms with Gasteiger partial charge in [-0.2, -0.15) is 0 Å². The van der Waals surface area contributed by atoms with Crippen molar-refractivity contribution in [2.24, 2.45) is 17.1 Å². The van der Waals surface area contributed by atoms with Gasteiger partial charge in [0, 0.05) is 12.1 Å². The van der Waals surface area contributed by atoms with Crippen molar-refractivity contribution in [1.29, 1.82) is 0 Å². The summed E-state index contributed by atoms with van der Waals surface area (Å²) >= 11 is 0. The van der Waals surface area contributed by atoms with E-state index >= 15 is 0 Å². The van der Waals surface area contributed by atoms with Crippen LogP contribution in [0.5, 0.6) is 0 Å².